The van der Waals surface area contributed by atoms with Crippen LogP contribution < -0.4 is 5.32 Å². The molecule has 4 aromatic rings. The second-order valence-electron chi connectivity index (χ2n) is 6.55. The molecule has 0 unspecified atom stereocenters. The molecule has 0 fully saturated rings. The number of anilines is 2. The fourth-order valence-corrected chi connectivity index (χ4v) is 4.20. The number of thiazole rings is 1. The minimum absolute atomic E-state index is 0.338. The van der Waals surface area contributed by atoms with Gasteiger partial charge < -0.3 is 10.4 Å². The molecule has 0 aliphatic rings. The van der Waals surface area contributed by atoms with Crippen LogP contribution in [0.2, 0.25) is 0 Å². The Labute approximate surface area is 166 Å². The van der Waals surface area contributed by atoms with Crippen molar-refractivity contribution < 1.29 is 9.90 Å². The second kappa shape index (κ2) is 7.09. The van der Waals surface area contributed by atoms with Crippen LogP contribution in [-0.2, 0) is 6.42 Å². The zero-order valence-corrected chi connectivity index (χ0v) is 16.7. The number of carboxylic acids is 1. The van der Waals surface area contributed by atoms with E-state index < -0.39 is 5.97 Å². The molecule has 0 aliphatic heterocycles. The quantitative estimate of drug-likeness (QED) is 0.495. The highest BCUT2D eigenvalue weighted by molar-refractivity contribution is 7.16. The molecular weight excluding hydrogens is 372 g/mol. The third kappa shape index (κ3) is 3.14. The van der Waals surface area contributed by atoms with E-state index in [-0.39, 0.29) is 0 Å². The SMILES string of the molecule is CCc1cc(Nc2nc(-c3c(C)nc4ccccn34)c(C)s2)ccc1C(=O)O. The predicted molar refractivity (Wildman–Crippen MR) is 112 cm³/mol. The Bertz CT molecular complexity index is 1190. The van der Waals surface area contributed by atoms with Gasteiger partial charge in [-0.3, -0.25) is 4.40 Å². The van der Waals surface area contributed by atoms with Crippen molar-refractivity contribution in [1.82, 2.24) is 14.4 Å². The fourth-order valence-electron chi connectivity index (χ4n) is 3.36. The highest BCUT2D eigenvalue weighted by atomic mass is 32.1. The third-order valence-electron chi connectivity index (χ3n) is 4.69. The molecule has 0 amide bonds. The summed E-state index contributed by atoms with van der Waals surface area (Å²) in [5.41, 5.74) is 5.69. The number of pyridine rings is 1. The van der Waals surface area contributed by atoms with Gasteiger partial charge >= 0.3 is 5.97 Å². The van der Waals surface area contributed by atoms with Gasteiger partial charge in [0.05, 0.1) is 17.0 Å². The van der Waals surface area contributed by atoms with Crippen molar-refractivity contribution in [3.05, 3.63) is 64.3 Å². The molecule has 1 aromatic carbocycles. The van der Waals surface area contributed by atoms with E-state index in [0.717, 1.165) is 44.0 Å². The van der Waals surface area contributed by atoms with Gasteiger partial charge in [-0.2, -0.15) is 0 Å². The van der Waals surface area contributed by atoms with Gasteiger partial charge in [-0.1, -0.05) is 13.0 Å². The second-order valence-corrected chi connectivity index (χ2v) is 7.76. The van der Waals surface area contributed by atoms with Crippen LogP contribution in [0, 0.1) is 13.8 Å². The summed E-state index contributed by atoms with van der Waals surface area (Å²) in [5, 5.41) is 13.4. The number of aromatic nitrogens is 3. The van der Waals surface area contributed by atoms with Crippen LogP contribution in [0.4, 0.5) is 10.8 Å². The molecule has 3 aromatic heterocycles. The van der Waals surface area contributed by atoms with Crippen LogP contribution in [0.5, 0.6) is 0 Å². The van der Waals surface area contributed by atoms with Crippen molar-refractivity contribution in [2.45, 2.75) is 27.2 Å². The lowest BCUT2D eigenvalue weighted by molar-refractivity contribution is 0.0696. The van der Waals surface area contributed by atoms with E-state index in [4.69, 9.17) is 4.98 Å². The largest absolute Gasteiger partial charge is 0.478 e. The van der Waals surface area contributed by atoms with Gasteiger partial charge in [0.1, 0.15) is 11.3 Å². The highest BCUT2D eigenvalue weighted by Gasteiger charge is 2.18. The molecule has 3 heterocycles. The lowest BCUT2D eigenvalue weighted by Crippen LogP contribution is -2.02. The summed E-state index contributed by atoms with van der Waals surface area (Å²) in [4.78, 5) is 21.8. The number of imidazole rings is 1. The molecule has 0 bridgehead atoms. The fraction of sp³-hybridized carbons (Fsp3) is 0.190. The molecule has 6 nitrogen and oxygen atoms in total. The average molecular weight is 392 g/mol. The molecule has 0 saturated carbocycles. The van der Waals surface area contributed by atoms with Gasteiger partial charge in [0.2, 0.25) is 0 Å². The molecule has 142 valence electrons. The number of rotatable bonds is 5. The van der Waals surface area contributed by atoms with E-state index >= 15 is 0 Å². The number of nitrogens with one attached hydrogen (secondary N) is 1. The van der Waals surface area contributed by atoms with Gasteiger partial charge in [0.25, 0.3) is 0 Å². The lowest BCUT2D eigenvalue weighted by atomic mass is 10.0. The maximum atomic E-state index is 11.3. The summed E-state index contributed by atoms with van der Waals surface area (Å²) in [6.45, 7) is 5.99. The summed E-state index contributed by atoms with van der Waals surface area (Å²) >= 11 is 1.57. The van der Waals surface area contributed by atoms with E-state index in [9.17, 15) is 9.90 Å². The molecule has 0 saturated heterocycles. The van der Waals surface area contributed by atoms with E-state index in [1.165, 1.54) is 0 Å². The summed E-state index contributed by atoms with van der Waals surface area (Å²) in [7, 11) is 0. The zero-order valence-electron chi connectivity index (χ0n) is 15.9. The summed E-state index contributed by atoms with van der Waals surface area (Å²) < 4.78 is 2.05. The first-order chi connectivity index (χ1) is 13.5. The third-order valence-corrected chi connectivity index (χ3v) is 5.58. The van der Waals surface area contributed by atoms with Gasteiger partial charge in [-0.25, -0.2) is 14.8 Å². The van der Waals surface area contributed by atoms with Crippen molar-refractivity contribution in [2.75, 3.05) is 5.32 Å². The molecule has 7 heteroatoms. The van der Waals surface area contributed by atoms with Crippen molar-refractivity contribution in [3.63, 3.8) is 0 Å². The Kier molecular flexibility index (Phi) is 4.60. The maximum absolute atomic E-state index is 11.3. The van der Waals surface area contributed by atoms with Crippen LogP contribution in [0.3, 0.4) is 0 Å². The van der Waals surface area contributed by atoms with Gasteiger partial charge in [-0.15, -0.1) is 11.3 Å². The molecule has 28 heavy (non-hydrogen) atoms. The number of carboxylic acid groups (broad SMARTS) is 1. The van der Waals surface area contributed by atoms with Crippen LogP contribution >= 0.6 is 11.3 Å². The number of hydrogen-bond acceptors (Lipinski definition) is 5. The van der Waals surface area contributed by atoms with Crippen LogP contribution in [-0.4, -0.2) is 25.4 Å². The molecule has 0 radical (unpaired) electrons. The van der Waals surface area contributed by atoms with Gasteiger partial charge in [-0.05, 0) is 56.2 Å². The molecule has 4 rings (SSSR count). The van der Waals surface area contributed by atoms with Crippen LogP contribution in [0.15, 0.2) is 42.6 Å². The monoisotopic (exact) mass is 392 g/mol. The minimum atomic E-state index is -0.904. The van der Waals surface area contributed by atoms with Crippen molar-refractivity contribution in [1.29, 1.82) is 0 Å². The predicted octanol–water partition coefficient (Wildman–Crippen LogP) is 5.08. The Morgan fingerprint density at radius 2 is 2.04 bits per heavy atom. The first kappa shape index (κ1) is 18.2. The summed E-state index contributed by atoms with van der Waals surface area (Å²) in [6, 6.07) is 11.2. The number of carbonyl (C=O) groups is 1. The number of aromatic carboxylic acids is 1. The topological polar surface area (TPSA) is 79.5 Å². The normalized spacial score (nSPS) is 11.1. The van der Waals surface area contributed by atoms with Crippen LogP contribution in [0.1, 0.15) is 33.4 Å². The number of benzene rings is 1. The number of aryl methyl sites for hydroxylation is 3. The summed E-state index contributed by atoms with van der Waals surface area (Å²) in [6.07, 6.45) is 2.65. The molecule has 2 N–H and O–H groups in total. The Balaban J connectivity index is 1.71. The Morgan fingerprint density at radius 1 is 1.21 bits per heavy atom. The van der Waals surface area contributed by atoms with Crippen molar-refractivity contribution in [3.8, 4) is 11.4 Å². The molecular formula is C21H20N4O2S. The van der Waals surface area contributed by atoms with E-state index in [0.29, 0.717) is 12.0 Å². The first-order valence-electron chi connectivity index (χ1n) is 9.02. The molecule has 0 atom stereocenters. The Morgan fingerprint density at radius 3 is 2.79 bits per heavy atom. The number of fused-ring (bicyclic) bond motifs is 1. The zero-order chi connectivity index (χ0) is 19.8. The van der Waals surface area contributed by atoms with E-state index in [2.05, 4.69) is 14.7 Å². The van der Waals surface area contributed by atoms with Crippen molar-refractivity contribution in [2.24, 2.45) is 0 Å². The smallest absolute Gasteiger partial charge is 0.335 e. The van der Waals surface area contributed by atoms with Gasteiger partial charge in [0.15, 0.2) is 5.13 Å². The lowest BCUT2D eigenvalue weighted by Gasteiger charge is -2.08. The van der Waals surface area contributed by atoms with E-state index in [1.54, 1.807) is 23.5 Å². The number of nitrogens with zero attached hydrogens (tertiary/aromatic N) is 3. The Hall–Kier alpha value is -3.19. The number of hydrogen-bond donors (Lipinski definition) is 2. The van der Waals surface area contributed by atoms with E-state index in [1.807, 2.05) is 51.2 Å². The van der Waals surface area contributed by atoms with Crippen molar-refractivity contribution >= 4 is 33.8 Å². The molecule has 0 aliphatic carbocycles. The standard InChI is InChI=1S/C21H20N4O2S/c1-4-14-11-15(8-9-16(14)20(26)27)23-21-24-18(13(3)28-21)19-12(2)22-17-7-5-6-10-25(17)19/h5-11H,4H2,1-3H3,(H,23,24)(H,26,27). The van der Waals surface area contributed by atoms with Crippen LogP contribution in [0.25, 0.3) is 17.0 Å². The maximum Gasteiger partial charge on any atom is 0.335 e. The molecule has 0 spiro atoms. The average Bonchev–Trinajstić information content (AvgIpc) is 3.19. The minimum Gasteiger partial charge on any atom is -0.478 e. The highest BCUT2D eigenvalue weighted by Crippen LogP contribution is 2.34. The van der Waals surface area contributed by atoms with Gasteiger partial charge in [0, 0.05) is 16.8 Å². The summed E-state index contributed by atoms with van der Waals surface area (Å²) in [5.74, 6) is -0.904. The first-order valence-corrected chi connectivity index (χ1v) is 9.84.